The maximum absolute atomic E-state index is 14.4. The molecular formula is C18H17FN2O2S2. The van der Waals surface area contributed by atoms with E-state index >= 15 is 0 Å². The van der Waals surface area contributed by atoms with Crippen molar-refractivity contribution in [3.8, 4) is 0 Å². The maximum atomic E-state index is 14.4. The third-order valence-corrected chi connectivity index (χ3v) is 7.17. The molecule has 4 rings (SSSR count). The smallest absolute Gasteiger partial charge is 0.164 e. The fourth-order valence-electron chi connectivity index (χ4n) is 3.28. The highest BCUT2D eigenvalue weighted by Crippen LogP contribution is 2.36. The lowest BCUT2D eigenvalue weighted by molar-refractivity contribution is 0.600. The third kappa shape index (κ3) is 3.30. The van der Waals surface area contributed by atoms with Crippen molar-refractivity contribution >= 4 is 32.5 Å². The predicted molar refractivity (Wildman–Crippen MR) is 100 cm³/mol. The van der Waals surface area contributed by atoms with Crippen LogP contribution in [-0.2, 0) is 15.6 Å². The van der Waals surface area contributed by atoms with Crippen LogP contribution >= 0.6 is 11.8 Å². The van der Waals surface area contributed by atoms with Gasteiger partial charge in [-0.3, -0.25) is 4.99 Å². The number of sulfone groups is 1. The first-order valence-electron chi connectivity index (χ1n) is 8.02. The number of amidine groups is 1. The van der Waals surface area contributed by atoms with E-state index in [0.717, 1.165) is 5.56 Å². The second kappa shape index (κ2) is 6.46. The largest absolute Gasteiger partial charge is 0.312 e. The van der Waals surface area contributed by atoms with Gasteiger partial charge in [0.25, 0.3) is 0 Å². The summed E-state index contributed by atoms with van der Waals surface area (Å²) in [5.74, 6) is 0.403. The number of anilines is 1. The van der Waals surface area contributed by atoms with Crippen LogP contribution in [0.1, 0.15) is 5.56 Å². The van der Waals surface area contributed by atoms with Gasteiger partial charge in [-0.05, 0) is 17.7 Å². The molecular weight excluding hydrogens is 359 g/mol. The molecule has 1 fully saturated rings. The minimum Gasteiger partial charge on any atom is -0.312 e. The Bertz CT molecular complexity index is 916. The van der Waals surface area contributed by atoms with Crippen LogP contribution in [0.5, 0.6) is 0 Å². The standard InChI is InChI=1S/C18H17FN2O2S2/c19-14-8-4-5-9-16(14)21-17-12-25(22,23)11-15(17)20-18(21)24-10-13-6-2-1-3-7-13/h1-9,15,17H,10-12H2/t15-,17-/m1/s1. The Morgan fingerprint density at radius 1 is 1.08 bits per heavy atom. The van der Waals surface area contributed by atoms with E-state index in [0.29, 0.717) is 16.6 Å². The Labute approximate surface area is 150 Å². The Balaban J connectivity index is 1.65. The molecule has 2 atom stereocenters. The molecule has 25 heavy (non-hydrogen) atoms. The normalized spacial score (nSPS) is 24.2. The van der Waals surface area contributed by atoms with Gasteiger partial charge in [0.2, 0.25) is 0 Å². The highest BCUT2D eigenvalue weighted by atomic mass is 32.2. The zero-order valence-electron chi connectivity index (χ0n) is 13.4. The quantitative estimate of drug-likeness (QED) is 0.826. The van der Waals surface area contributed by atoms with E-state index in [1.165, 1.54) is 17.8 Å². The Morgan fingerprint density at radius 2 is 1.80 bits per heavy atom. The van der Waals surface area contributed by atoms with Gasteiger partial charge in [0.1, 0.15) is 5.82 Å². The summed E-state index contributed by atoms with van der Waals surface area (Å²) in [6, 6.07) is 15.8. The second-order valence-corrected chi connectivity index (χ2v) is 9.32. The summed E-state index contributed by atoms with van der Waals surface area (Å²) >= 11 is 1.52. The number of halogens is 1. The van der Waals surface area contributed by atoms with Crippen molar-refractivity contribution in [1.29, 1.82) is 0 Å². The lowest BCUT2D eigenvalue weighted by Gasteiger charge is -2.26. The van der Waals surface area contributed by atoms with Crippen molar-refractivity contribution in [2.75, 3.05) is 16.4 Å². The Morgan fingerprint density at radius 3 is 2.56 bits per heavy atom. The molecule has 2 aliphatic rings. The molecule has 1 saturated heterocycles. The van der Waals surface area contributed by atoms with Crippen LogP contribution in [0.4, 0.5) is 10.1 Å². The summed E-state index contributed by atoms with van der Waals surface area (Å²) in [5, 5.41) is 0.693. The number of hydrogen-bond donors (Lipinski definition) is 0. The van der Waals surface area contributed by atoms with E-state index in [4.69, 9.17) is 0 Å². The summed E-state index contributed by atoms with van der Waals surface area (Å²) in [6.45, 7) is 0. The van der Waals surface area contributed by atoms with Crippen molar-refractivity contribution in [3.05, 3.63) is 66.0 Å². The van der Waals surface area contributed by atoms with Crippen LogP contribution in [0, 0.1) is 5.82 Å². The van der Waals surface area contributed by atoms with Gasteiger partial charge in [0, 0.05) is 5.75 Å². The fourth-order valence-corrected chi connectivity index (χ4v) is 6.20. The number of para-hydroxylation sites is 1. The first-order chi connectivity index (χ1) is 12.0. The van der Waals surface area contributed by atoms with Crippen molar-refractivity contribution in [2.45, 2.75) is 17.8 Å². The summed E-state index contributed by atoms with van der Waals surface area (Å²) in [5.41, 5.74) is 1.54. The number of rotatable bonds is 3. The number of thioether (sulfide) groups is 1. The maximum Gasteiger partial charge on any atom is 0.164 e. The molecule has 0 spiro atoms. The number of benzene rings is 2. The molecule has 2 aliphatic heterocycles. The lowest BCUT2D eigenvalue weighted by atomic mass is 10.1. The van der Waals surface area contributed by atoms with E-state index in [1.807, 2.05) is 30.3 Å². The number of fused-ring (bicyclic) bond motifs is 1. The molecule has 0 aromatic heterocycles. The van der Waals surface area contributed by atoms with Gasteiger partial charge in [-0.15, -0.1) is 0 Å². The minimum atomic E-state index is -3.13. The molecule has 0 amide bonds. The average Bonchev–Trinajstić information content (AvgIpc) is 3.06. The number of hydrogen-bond acceptors (Lipinski definition) is 5. The molecule has 2 aromatic rings. The van der Waals surface area contributed by atoms with Gasteiger partial charge < -0.3 is 4.90 Å². The first-order valence-corrected chi connectivity index (χ1v) is 10.8. The Kier molecular flexibility index (Phi) is 4.29. The molecule has 4 nitrogen and oxygen atoms in total. The van der Waals surface area contributed by atoms with Crippen LogP contribution < -0.4 is 4.90 Å². The molecule has 2 aromatic carbocycles. The van der Waals surface area contributed by atoms with E-state index in [-0.39, 0.29) is 29.4 Å². The molecule has 0 saturated carbocycles. The van der Waals surface area contributed by atoms with Crippen molar-refractivity contribution in [2.24, 2.45) is 4.99 Å². The molecule has 0 N–H and O–H groups in total. The summed E-state index contributed by atoms with van der Waals surface area (Å²) in [4.78, 5) is 6.40. The molecule has 2 heterocycles. The summed E-state index contributed by atoms with van der Waals surface area (Å²) in [7, 11) is -3.13. The van der Waals surface area contributed by atoms with Crippen LogP contribution in [0.2, 0.25) is 0 Å². The highest BCUT2D eigenvalue weighted by Gasteiger charge is 2.47. The third-order valence-electron chi connectivity index (χ3n) is 4.43. The minimum absolute atomic E-state index is 0.0187. The van der Waals surface area contributed by atoms with Crippen LogP contribution in [0.15, 0.2) is 59.6 Å². The SMILES string of the molecule is O=S1(=O)C[C@@H]2[C@@H](C1)N=C(SCc1ccccc1)N2c1ccccc1F. The molecule has 0 radical (unpaired) electrons. The fraction of sp³-hybridized carbons (Fsp3) is 0.278. The van der Waals surface area contributed by atoms with Gasteiger partial charge in [-0.1, -0.05) is 54.2 Å². The zero-order chi connectivity index (χ0) is 17.4. The zero-order valence-corrected chi connectivity index (χ0v) is 15.0. The lowest BCUT2D eigenvalue weighted by Crippen LogP contribution is -2.39. The van der Waals surface area contributed by atoms with Crippen molar-refractivity contribution in [3.63, 3.8) is 0 Å². The van der Waals surface area contributed by atoms with Crippen LogP contribution in [0.3, 0.4) is 0 Å². The van der Waals surface area contributed by atoms with E-state index < -0.39 is 9.84 Å². The Hall–Kier alpha value is -1.86. The molecule has 0 bridgehead atoms. The number of aliphatic imine (C=N–C) groups is 1. The summed E-state index contributed by atoms with van der Waals surface area (Å²) < 4.78 is 38.4. The predicted octanol–water partition coefficient (Wildman–Crippen LogP) is 3.10. The van der Waals surface area contributed by atoms with Gasteiger partial charge in [-0.2, -0.15) is 0 Å². The average molecular weight is 376 g/mol. The molecule has 130 valence electrons. The van der Waals surface area contributed by atoms with E-state index in [2.05, 4.69) is 4.99 Å². The van der Waals surface area contributed by atoms with Crippen LogP contribution in [0.25, 0.3) is 0 Å². The van der Waals surface area contributed by atoms with E-state index in [9.17, 15) is 12.8 Å². The monoisotopic (exact) mass is 376 g/mol. The highest BCUT2D eigenvalue weighted by molar-refractivity contribution is 8.13. The van der Waals surface area contributed by atoms with Gasteiger partial charge in [0.05, 0.1) is 29.3 Å². The van der Waals surface area contributed by atoms with Gasteiger partial charge in [0.15, 0.2) is 15.0 Å². The second-order valence-electron chi connectivity index (χ2n) is 6.22. The van der Waals surface area contributed by atoms with Crippen molar-refractivity contribution in [1.82, 2.24) is 0 Å². The molecule has 7 heteroatoms. The van der Waals surface area contributed by atoms with Crippen molar-refractivity contribution < 1.29 is 12.8 Å². The van der Waals surface area contributed by atoms with Crippen LogP contribution in [-0.4, -0.2) is 37.2 Å². The summed E-state index contributed by atoms with van der Waals surface area (Å²) in [6.07, 6.45) is 0. The topological polar surface area (TPSA) is 49.7 Å². The number of nitrogens with zero attached hydrogens (tertiary/aromatic N) is 2. The molecule has 0 unspecified atom stereocenters. The molecule has 0 aliphatic carbocycles. The van der Waals surface area contributed by atoms with Gasteiger partial charge in [-0.25, -0.2) is 12.8 Å². The van der Waals surface area contributed by atoms with Gasteiger partial charge >= 0.3 is 0 Å². The van der Waals surface area contributed by atoms with E-state index in [1.54, 1.807) is 23.1 Å². The first kappa shape index (κ1) is 16.6.